The van der Waals surface area contributed by atoms with Crippen molar-refractivity contribution in [1.82, 2.24) is 0 Å². The molecule has 0 saturated carbocycles. The van der Waals surface area contributed by atoms with Crippen LogP contribution in [0.4, 0.5) is 0 Å². The van der Waals surface area contributed by atoms with Gasteiger partial charge in [0.05, 0.1) is 0 Å². The van der Waals surface area contributed by atoms with E-state index in [2.05, 4.69) is 57.2 Å². The summed E-state index contributed by atoms with van der Waals surface area (Å²) in [6.45, 7) is 6.62. The Morgan fingerprint density at radius 3 is 0.906 bits per heavy atom. The molecule has 6 heteroatoms. The Hall–Kier alpha value is -2.37. The molecule has 0 spiro atoms. The molecule has 0 fully saturated rings. The van der Waals surface area contributed by atoms with E-state index in [1.807, 2.05) is 0 Å². The van der Waals surface area contributed by atoms with E-state index in [-0.39, 0.29) is 31.1 Å². The number of rotatable bonds is 51. The second-order valence-corrected chi connectivity index (χ2v) is 18.8. The van der Waals surface area contributed by atoms with Gasteiger partial charge in [0.25, 0.3) is 0 Å². The van der Waals surface area contributed by atoms with Crippen LogP contribution in [0.15, 0.2) is 36.5 Å². The van der Waals surface area contributed by atoms with Crippen LogP contribution < -0.4 is 0 Å². The third-order valence-electron chi connectivity index (χ3n) is 12.4. The molecule has 0 aromatic carbocycles. The maximum atomic E-state index is 12.8. The molecule has 0 radical (unpaired) electrons. The first-order valence-electron chi connectivity index (χ1n) is 28.0. The molecule has 0 aliphatic heterocycles. The van der Waals surface area contributed by atoms with Crippen LogP contribution in [0.1, 0.15) is 297 Å². The van der Waals surface area contributed by atoms with Gasteiger partial charge in [-0.05, 0) is 77.0 Å². The van der Waals surface area contributed by atoms with Crippen molar-refractivity contribution in [3.05, 3.63) is 36.5 Å². The number of carbonyl (C=O) groups is 3. The summed E-state index contributed by atoms with van der Waals surface area (Å²) >= 11 is 0. The lowest BCUT2D eigenvalue weighted by atomic mass is 10.1. The highest BCUT2D eigenvalue weighted by Crippen LogP contribution is 2.16. The van der Waals surface area contributed by atoms with Crippen LogP contribution in [-0.2, 0) is 28.6 Å². The van der Waals surface area contributed by atoms with Crippen molar-refractivity contribution in [3.63, 3.8) is 0 Å². The molecule has 64 heavy (non-hydrogen) atoms. The summed E-state index contributed by atoms with van der Waals surface area (Å²) in [7, 11) is 0. The third-order valence-corrected chi connectivity index (χ3v) is 12.4. The highest BCUT2D eigenvalue weighted by molar-refractivity contribution is 5.71. The fourth-order valence-electron chi connectivity index (χ4n) is 8.12. The number of hydrogen-bond acceptors (Lipinski definition) is 6. The predicted octanol–water partition coefficient (Wildman–Crippen LogP) is 18.5. The normalized spacial score (nSPS) is 12.2. The molecule has 0 saturated heterocycles. The Morgan fingerprint density at radius 2 is 0.562 bits per heavy atom. The molecule has 0 aliphatic rings. The first kappa shape index (κ1) is 61.6. The van der Waals surface area contributed by atoms with Crippen LogP contribution in [0.25, 0.3) is 0 Å². The zero-order chi connectivity index (χ0) is 46.5. The van der Waals surface area contributed by atoms with Gasteiger partial charge < -0.3 is 14.2 Å². The maximum absolute atomic E-state index is 12.8. The summed E-state index contributed by atoms with van der Waals surface area (Å²) in [5.74, 6) is -0.871. The summed E-state index contributed by atoms with van der Waals surface area (Å²) in [6.07, 6.45) is 62.7. The zero-order valence-electron chi connectivity index (χ0n) is 42.8. The van der Waals surface area contributed by atoms with Gasteiger partial charge in [-0.25, -0.2) is 0 Å². The minimum Gasteiger partial charge on any atom is -0.462 e. The van der Waals surface area contributed by atoms with Crippen molar-refractivity contribution in [3.8, 4) is 0 Å². The summed E-state index contributed by atoms with van der Waals surface area (Å²) < 4.78 is 16.8. The topological polar surface area (TPSA) is 78.9 Å². The van der Waals surface area contributed by atoms with E-state index < -0.39 is 6.10 Å². The summed E-state index contributed by atoms with van der Waals surface area (Å²) in [5, 5.41) is 0. The van der Waals surface area contributed by atoms with E-state index in [1.165, 1.54) is 186 Å². The monoisotopic (exact) mass is 899 g/mol. The van der Waals surface area contributed by atoms with Gasteiger partial charge in [-0.3, -0.25) is 14.4 Å². The van der Waals surface area contributed by atoms with Crippen molar-refractivity contribution < 1.29 is 28.6 Å². The SMILES string of the molecule is CCCCC/C=C\C/C=C\CCCCCCCCCC(=O)OC(COC(=O)CCCCCCCCCCCC)COC(=O)CCCCCCCCCCC/C=C\CCCCCCCC. The van der Waals surface area contributed by atoms with E-state index in [4.69, 9.17) is 14.2 Å². The van der Waals surface area contributed by atoms with Crippen LogP contribution >= 0.6 is 0 Å². The van der Waals surface area contributed by atoms with Crippen LogP contribution in [0.5, 0.6) is 0 Å². The molecule has 0 aromatic rings. The van der Waals surface area contributed by atoms with E-state index in [1.54, 1.807) is 0 Å². The fourth-order valence-corrected chi connectivity index (χ4v) is 8.12. The molecule has 0 bridgehead atoms. The Balaban J connectivity index is 4.30. The van der Waals surface area contributed by atoms with Gasteiger partial charge in [0.2, 0.25) is 0 Å². The standard InChI is InChI=1S/C58H106O6/c1-4-7-10-13-16-19-22-24-26-28-29-31-32-34-36-39-42-45-48-51-57(60)63-54-55(53-62-56(59)50-47-44-41-38-21-18-15-12-9-6-3)64-58(61)52-49-46-43-40-37-35-33-30-27-25-23-20-17-14-11-8-5-2/h17,20,24-27,55H,4-16,18-19,21-23,28-54H2,1-3H3/b20-17-,26-24-,27-25-. The minimum absolute atomic E-state index is 0.0729. The van der Waals surface area contributed by atoms with Crippen molar-refractivity contribution in [2.75, 3.05) is 13.2 Å². The van der Waals surface area contributed by atoms with Gasteiger partial charge in [0.1, 0.15) is 13.2 Å². The second-order valence-electron chi connectivity index (χ2n) is 18.8. The smallest absolute Gasteiger partial charge is 0.306 e. The summed E-state index contributed by atoms with van der Waals surface area (Å²) in [4.78, 5) is 38.0. The van der Waals surface area contributed by atoms with Gasteiger partial charge in [0.15, 0.2) is 6.10 Å². The molecule has 0 aliphatic carbocycles. The number of ether oxygens (including phenoxy) is 3. The number of hydrogen-bond donors (Lipinski definition) is 0. The van der Waals surface area contributed by atoms with E-state index in [0.717, 1.165) is 70.6 Å². The lowest BCUT2D eigenvalue weighted by molar-refractivity contribution is -0.167. The Morgan fingerprint density at radius 1 is 0.312 bits per heavy atom. The zero-order valence-corrected chi connectivity index (χ0v) is 42.8. The molecule has 0 aromatic heterocycles. The van der Waals surface area contributed by atoms with E-state index in [9.17, 15) is 14.4 Å². The van der Waals surface area contributed by atoms with Crippen LogP contribution in [-0.4, -0.2) is 37.2 Å². The van der Waals surface area contributed by atoms with Crippen molar-refractivity contribution in [1.29, 1.82) is 0 Å². The average Bonchev–Trinajstić information content (AvgIpc) is 3.29. The molecular weight excluding hydrogens is 793 g/mol. The van der Waals surface area contributed by atoms with Crippen molar-refractivity contribution >= 4 is 17.9 Å². The van der Waals surface area contributed by atoms with Gasteiger partial charge in [-0.1, -0.05) is 237 Å². The predicted molar refractivity (Wildman–Crippen MR) is 275 cm³/mol. The fraction of sp³-hybridized carbons (Fsp3) is 0.845. The molecule has 0 amide bonds. The molecule has 374 valence electrons. The molecule has 1 unspecified atom stereocenters. The maximum Gasteiger partial charge on any atom is 0.306 e. The number of carbonyl (C=O) groups excluding carboxylic acids is 3. The number of esters is 3. The summed E-state index contributed by atoms with van der Waals surface area (Å²) in [6, 6.07) is 0. The number of unbranched alkanes of at least 4 members (excludes halogenated alkanes) is 34. The molecule has 0 heterocycles. The lowest BCUT2D eigenvalue weighted by Crippen LogP contribution is -2.30. The van der Waals surface area contributed by atoms with Gasteiger partial charge in [0, 0.05) is 19.3 Å². The van der Waals surface area contributed by atoms with Crippen LogP contribution in [0.3, 0.4) is 0 Å². The Labute approximate surface area is 397 Å². The Kier molecular flexibility index (Phi) is 51.3. The molecule has 0 rings (SSSR count). The quantitative estimate of drug-likeness (QED) is 0.0262. The van der Waals surface area contributed by atoms with Gasteiger partial charge in [-0.2, -0.15) is 0 Å². The van der Waals surface area contributed by atoms with Gasteiger partial charge in [-0.15, -0.1) is 0 Å². The van der Waals surface area contributed by atoms with Gasteiger partial charge >= 0.3 is 17.9 Å². The molecular formula is C58H106O6. The molecule has 0 N–H and O–H groups in total. The summed E-state index contributed by atoms with van der Waals surface area (Å²) in [5.41, 5.74) is 0. The van der Waals surface area contributed by atoms with Crippen molar-refractivity contribution in [2.24, 2.45) is 0 Å². The van der Waals surface area contributed by atoms with Crippen LogP contribution in [0, 0.1) is 0 Å². The van der Waals surface area contributed by atoms with Crippen molar-refractivity contribution in [2.45, 2.75) is 303 Å². The van der Waals surface area contributed by atoms with E-state index in [0.29, 0.717) is 19.3 Å². The number of allylic oxidation sites excluding steroid dienone is 6. The van der Waals surface area contributed by atoms with Crippen LogP contribution in [0.2, 0.25) is 0 Å². The highest BCUT2D eigenvalue weighted by Gasteiger charge is 2.19. The first-order chi connectivity index (χ1) is 31.5. The largest absolute Gasteiger partial charge is 0.462 e. The Bertz CT molecular complexity index is 1080. The highest BCUT2D eigenvalue weighted by atomic mass is 16.6. The lowest BCUT2D eigenvalue weighted by Gasteiger charge is -2.18. The van der Waals surface area contributed by atoms with E-state index >= 15 is 0 Å². The third kappa shape index (κ3) is 50.6. The molecule has 6 nitrogen and oxygen atoms in total. The molecule has 1 atom stereocenters. The minimum atomic E-state index is -0.773. The second kappa shape index (κ2) is 53.2. The average molecular weight is 899 g/mol. The first-order valence-corrected chi connectivity index (χ1v) is 28.0.